The van der Waals surface area contributed by atoms with E-state index in [2.05, 4.69) is 26.0 Å². The number of rotatable bonds is 9. The average molecular weight is 216 g/mol. The van der Waals surface area contributed by atoms with E-state index in [1.807, 2.05) is 11.8 Å². The van der Waals surface area contributed by atoms with E-state index in [-0.39, 0.29) is 0 Å². The highest BCUT2D eigenvalue weighted by Crippen LogP contribution is 2.14. The molecule has 0 rings (SSSR count). The van der Waals surface area contributed by atoms with Gasteiger partial charge in [0.25, 0.3) is 0 Å². The Bertz CT molecular complexity index is 134. The smallest absolute Gasteiger partial charge is 0.0521 e. The molecule has 0 heterocycles. The molecule has 14 heavy (non-hydrogen) atoms. The Hall–Kier alpha value is 0.0500. The molecule has 2 heteroatoms. The van der Waals surface area contributed by atoms with Crippen molar-refractivity contribution in [2.45, 2.75) is 39.5 Å². The van der Waals surface area contributed by atoms with Gasteiger partial charge in [-0.25, -0.2) is 0 Å². The predicted octanol–water partition coefficient (Wildman–Crippen LogP) is 3.48. The van der Waals surface area contributed by atoms with E-state index < -0.39 is 0 Å². The molecule has 0 saturated carbocycles. The van der Waals surface area contributed by atoms with Crippen molar-refractivity contribution in [2.75, 3.05) is 18.1 Å². The van der Waals surface area contributed by atoms with E-state index in [9.17, 15) is 0 Å². The van der Waals surface area contributed by atoms with Gasteiger partial charge in [-0.2, -0.15) is 11.8 Å². The van der Waals surface area contributed by atoms with Crippen LogP contribution in [0.15, 0.2) is 12.2 Å². The van der Waals surface area contributed by atoms with Crippen molar-refractivity contribution in [3.8, 4) is 0 Å². The Kier molecular flexibility index (Phi) is 11.2. The minimum absolute atomic E-state index is 0.318. The topological polar surface area (TPSA) is 20.2 Å². The largest absolute Gasteiger partial charge is 0.396 e. The standard InChI is InChI=1S/C12H24OS/c1-3-4-5-6-7-12(2)8-10-14-11-9-13/h4-5,12-13H,3,6-11H2,1-2H3/b5-4+. The fraction of sp³-hybridized carbons (Fsp3) is 0.833. The molecule has 1 nitrogen and oxygen atoms in total. The van der Waals surface area contributed by atoms with Gasteiger partial charge in [0.1, 0.15) is 0 Å². The van der Waals surface area contributed by atoms with Gasteiger partial charge in [0.15, 0.2) is 0 Å². The predicted molar refractivity (Wildman–Crippen MR) is 66.9 cm³/mol. The van der Waals surface area contributed by atoms with Crippen LogP contribution in [0, 0.1) is 5.92 Å². The molecule has 0 bridgehead atoms. The summed E-state index contributed by atoms with van der Waals surface area (Å²) in [5.74, 6) is 2.91. The van der Waals surface area contributed by atoms with Crippen molar-refractivity contribution >= 4 is 11.8 Å². The van der Waals surface area contributed by atoms with E-state index in [0.29, 0.717) is 6.61 Å². The van der Waals surface area contributed by atoms with E-state index in [1.54, 1.807) is 0 Å². The van der Waals surface area contributed by atoms with Crippen molar-refractivity contribution in [3.05, 3.63) is 12.2 Å². The van der Waals surface area contributed by atoms with Gasteiger partial charge < -0.3 is 5.11 Å². The second-order valence-electron chi connectivity index (χ2n) is 3.69. The molecule has 0 aromatic rings. The van der Waals surface area contributed by atoms with Gasteiger partial charge >= 0.3 is 0 Å². The number of aliphatic hydroxyl groups is 1. The minimum Gasteiger partial charge on any atom is -0.396 e. The normalized spacial score (nSPS) is 13.6. The monoisotopic (exact) mass is 216 g/mol. The summed E-state index contributed by atoms with van der Waals surface area (Å²) in [7, 11) is 0. The number of hydrogen-bond acceptors (Lipinski definition) is 2. The maximum absolute atomic E-state index is 8.60. The fourth-order valence-corrected chi connectivity index (χ4v) is 2.16. The SMILES string of the molecule is CC/C=C/CCC(C)CCSCCO. The highest BCUT2D eigenvalue weighted by Gasteiger charge is 2.00. The Morgan fingerprint density at radius 3 is 2.64 bits per heavy atom. The molecular formula is C12H24OS. The Morgan fingerprint density at radius 1 is 1.21 bits per heavy atom. The molecule has 0 aliphatic carbocycles. The summed E-state index contributed by atoms with van der Waals surface area (Å²) in [6.45, 7) is 4.81. The molecule has 0 radical (unpaired) electrons. The molecule has 0 aliphatic rings. The van der Waals surface area contributed by atoms with Gasteiger partial charge in [-0.15, -0.1) is 0 Å². The van der Waals surface area contributed by atoms with Crippen LogP contribution in [-0.2, 0) is 0 Å². The van der Waals surface area contributed by atoms with Crippen LogP contribution < -0.4 is 0 Å². The molecule has 0 aromatic heterocycles. The lowest BCUT2D eigenvalue weighted by molar-refractivity contribution is 0.322. The van der Waals surface area contributed by atoms with E-state index in [1.165, 1.54) is 25.0 Å². The highest BCUT2D eigenvalue weighted by molar-refractivity contribution is 7.99. The summed E-state index contributed by atoms with van der Waals surface area (Å²) in [5, 5.41) is 8.60. The zero-order valence-corrected chi connectivity index (χ0v) is 10.4. The van der Waals surface area contributed by atoms with Crippen molar-refractivity contribution < 1.29 is 5.11 Å². The first-order valence-electron chi connectivity index (χ1n) is 5.64. The number of thioether (sulfide) groups is 1. The number of aliphatic hydroxyl groups excluding tert-OH is 1. The summed E-state index contributed by atoms with van der Waals surface area (Å²) in [6, 6.07) is 0. The Labute approximate surface area is 93.0 Å². The van der Waals surface area contributed by atoms with Gasteiger partial charge in [0.2, 0.25) is 0 Å². The first-order valence-corrected chi connectivity index (χ1v) is 6.80. The third-order valence-electron chi connectivity index (χ3n) is 2.22. The lowest BCUT2D eigenvalue weighted by Gasteiger charge is -2.08. The van der Waals surface area contributed by atoms with Gasteiger partial charge in [-0.3, -0.25) is 0 Å². The Balaban J connectivity index is 3.19. The first kappa shape index (κ1) is 14.1. The lowest BCUT2D eigenvalue weighted by Crippen LogP contribution is -1.97. The molecule has 0 aliphatic heterocycles. The molecule has 1 atom stereocenters. The molecule has 0 aromatic carbocycles. The van der Waals surface area contributed by atoms with Crippen molar-refractivity contribution in [2.24, 2.45) is 5.92 Å². The number of allylic oxidation sites excluding steroid dienone is 2. The molecule has 84 valence electrons. The Morgan fingerprint density at radius 2 is 2.00 bits per heavy atom. The van der Waals surface area contributed by atoms with E-state index >= 15 is 0 Å². The molecular weight excluding hydrogens is 192 g/mol. The van der Waals surface area contributed by atoms with Crippen molar-refractivity contribution in [1.29, 1.82) is 0 Å². The third kappa shape index (κ3) is 10.1. The second kappa shape index (κ2) is 11.1. The molecule has 0 fully saturated rings. The zero-order chi connectivity index (χ0) is 10.6. The van der Waals surface area contributed by atoms with Crippen molar-refractivity contribution in [3.63, 3.8) is 0 Å². The van der Waals surface area contributed by atoms with Crippen molar-refractivity contribution in [1.82, 2.24) is 0 Å². The van der Waals surface area contributed by atoms with Gasteiger partial charge in [0.05, 0.1) is 6.61 Å². The zero-order valence-electron chi connectivity index (χ0n) is 9.54. The summed E-state index contributed by atoms with van der Waals surface area (Å²) in [5.41, 5.74) is 0. The van der Waals surface area contributed by atoms with Crippen LogP contribution in [0.5, 0.6) is 0 Å². The summed E-state index contributed by atoms with van der Waals surface area (Å²) < 4.78 is 0. The van der Waals surface area contributed by atoms with Crippen LogP contribution in [0.2, 0.25) is 0 Å². The quantitative estimate of drug-likeness (QED) is 0.470. The molecule has 1 N–H and O–H groups in total. The first-order chi connectivity index (χ1) is 6.81. The van der Waals surface area contributed by atoms with Crippen LogP contribution in [0.25, 0.3) is 0 Å². The summed E-state index contributed by atoms with van der Waals surface area (Å²) in [6.07, 6.45) is 9.49. The van der Waals surface area contributed by atoms with Crippen LogP contribution >= 0.6 is 11.8 Å². The summed E-state index contributed by atoms with van der Waals surface area (Å²) >= 11 is 1.86. The van der Waals surface area contributed by atoms with E-state index in [0.717, 1.165) is 18.1 Å². The van der Waals surface area contributed by atoms with E-state index in [4.69, 9.17) is 5.11 Å². The van der Waals surface area contributed by atoms with Gasteiger partial charge in [0, 0.05) is 5.75 Å². The lowest BCUT2D eigenvalue weighted by atomic mass is 10.0. The molecule has 0 saturated heterocycles. The van der Waals surface area contributed by atoms with Crippen LogP contribution in [0.1, 0.15) is 39.5 Å². The maximum atomic E-state index is 8.60. The summed E-state index contributed by atoms with van der Waals surface area (Å²) in [4.78, 5) is 0. The van der Waals surface area contributed by atoms with Crippen LogP contribution in [0.3, 0.4) is 0 Å². The fourth-order valence-electron chi connectivity index (χ4n) is 1.26. The second-order valence-corrected chi connectivity index (χ2v) is 4.91. The van der Waals surface area contributed by atoms with Gasteiger partial charge in [-0.1, -0.05) is 26.0 Å². The molecule has 0 spiro atoms. The highest BCUT2D eigenvalue weighted by atomic mass is 32.2. The van der Waals surface area contributed by atoms with Crippen LogP contribution in [-0.4, -0.2) is 23.2 Å². The third-order valence-corrected chi connectivity index (χ3v) is 3.21. The molecule has 0 amide bonds. The minimum atomic E-state index is 0.318. The number of hydrogen-bond donors (Lipinski definition) is 1. The van der Waals surface area contributed by atoms with Gasteiger partial charge in [-0.05, 0) is 37.4 Å². The average Bonchev–Trinajstić information content (AvgIpc) is 2.19. The molecule has 1 unspecified atom stereocenters. The maximum Gasteiger partial charge on any atom is 0.0521 e. The van der Waals surface area contributed by atoms with Crippen LogP contribution in [0.4, 0.5) is 0 Å².